The van der Waals surface area contributed by atoms with Gasteiger partial charge in [-0.2, -0.15) is 13.2 Å². The minimum Gasteiger partial charge on any atom is -0.367 e. The molecule has 3 heterocycles. The molecule has 3 aromatic rings. The van der Waals surface area contributed by atoms with Crippen molar-refractivity contribution in [2.24, 2.45) is 11.7 Å². The Labute approximate surface area is 256 Å². The summed E-state index contributed by atoms with van der Waals surface area (Å²) in [6.07, 6.45) is 2.19. The zero-order chi connectivity index (χ0) is 31.7. The van der Waals surface area contributed by atoms with E-state index in [4.69, 9.17) is 22.1 Å². The predicted molar refractivity (Wildman–Crippen MR) is 155 cm³/mol. The number of halogens is 5. The van der Waals surface area contributed by atoms with Crippen LogP contribution >= 0.6 is 11.6 Å². The number of amides is 3. The van der Waals surface area contributed by atoms with Crippen LogP contribution in [0.25, 0.3) is 0 Å². The molecule has 14 heteroatoms. The zero-order valence-electron chi connectivity index (χ0n) is 23.7. The number of hydrogen-bond acceptors (Lipinski definition) is 6. The van der Waals surface area contributed by atoms with Gasteiger partial charge in [0.05, 0.1) is 22.8 Å². The third kappa shape index (κ3) is 6.49. The lowest BCUT2D eigenvalue weighted by Crippen LogP contribution is -2.50. The monoisotopic (exact) mass is 634 g/mol. The van der Waals surface area contributed by atoms with E-state index in [0.29, 0.717) is 22.8 Å². The van der Waals surface area contributed by atoms with Crippen molar-refractivity contribution in [1.82, 2.24) is 14.9 Å². The molecule has 9 nitrogen and oxygen atoms in total. The molecule has 234 valence electrons. The molecule has 1 saturated heterocycles. The number of aromatic nitrogens is 2. The molecular formula is C30H31ClF4N6O3. The molecule has 1 saturated carbocycles. The first-order valence-corrected chi connectivity index (χ1v) is 14.3. The molecule has 2 fully saturated rings. The van der Waals surface area contributed by atoms with E-state index >= 15 is 4.39 Å². The summed E-state index contributed by atoms with van der Waals surface area (Å²) in [4.78, 5) is 35.4. The highest BCUT2D eigenvalue weighted by molar-refractivity contribution is 6.30. The van der Waals surface area contributed by atoms with E-state index in [1.807, 2.05) is 0 Å². The summed E-state index contributed by atoms with van der Waals surface area (Å²) in [6.45, 7) is -0.984. The van der Waals surface area contributed by atoms with Gasteiger partial charge in [-0.15, -0.1) is 0 Å². The number of nitrogens with two attached hydrogens (primary N) is 1. The van der Waals surface area contributed by atoms with Crippen LogP contribution in [0.3, 0.4) is 0 Å². The molecule has 44 heavy (non-hydrogen) atoms. The smallest absolute Gasteiger partial charge is 0.367 e. The van der Waals surface area contributed by atoms with Gasteiger partial charge in [0.25, 0.3) is 0 Å². The maximum absolute atomic E-state index is 15.1. The van der Waals surface area contributed by atoms with Gasteiger partial charge in [-0.1, -0.05) is 30.5 Å². The quantitative estimate of drug-likeness (QED) is 0.254. The standard InChI is InChI=1S/C30H31ClF4N6O3/c1-44-28(30(33,34)35)15-24(41(17-28)27(43)40-25-7-5-21(31)16-38-25)26(42)39-23-14-20(4-6-22(23)32)29(36,11-8-18-2-3-18)19-9-12-37-13-10-19/h4-7,9-10,12-14,16,18,24H,2-3,8,11,15,17,36H2,1H3,(H,39,42)(H,38,40,43). The Bertz CT molecular complexity index is 1510. The van der Waals surface area contributed by atoms with Crippen LogP contribution < -0.4 is 16.4 Å². The highest BCUT2D eigenvalue weighted by Gasteiger charge is 2.63. The zero-order valence-corrected chi connectivity index (χ0v) is 24.5. The largest absolute Gasteiger partial charge is 0.419 e. The van der Waals surface area contributed by atoms with Crippen LogP contribution in [-0.4, -0.2) is 58.3 Å². The normalized spacial score (nSPS) is 21.5. The van der Waals surface area contributed by atoms with Crippen molar-refractivity contribution in [1.29, 1.82) is 0 Å². The first kappa shape index (κ1) is 31.6. The number of nitrogens with zero attached hydrogens (tertiary/aromatic N) is 3. The minimum absolute atomic E-state index is 0.000763. The number of methoxy groups -OCH3 is 1. The number of likely N-dealkylation sites (tertiary alicyclic amines) is 1. The molecule has 0 spiro atoms. The van der Waals surface area contributed by atoms with E-state index in [1.54, 1.807) is 24.5 Å². The number of rotatable bonds is 9. The van der Waals surface area contributed by atoms with E-state index < -0.39 is 54.1 Å². The van der Waals surface area contributed by atoms with Crippen molar-refractivity contribution < 1.29 is 31.9 Å². The Balaban J connectivity index is 1.44. The lowest BCUT2D eigenvalue weighted by atomic mass is 9.79. The van der Waals surface area contributed by atoms with Crippen LogP contribution in [-0.2, 0) is 15.1 Å². The van der Waals surface area contributed by atoms with Crippen molar-refractivity contribution in [3.63, 3.8) is 0 Å². The number of carbonyl (C=O) groups excluding carboxylic acids is 2. The van der Waals surface area contributed by atoms with Crippen LogP contribution in [0.1, 0.15) is 43.2 Å². The molecule has 1 aliphatic heterocycles. The third-order valence-electron chi connectivity index (χ3n) is 8.34. The molecule has 2 aliphatic rings. The van der Waals surface area contributed by atoms with Gasteiger partial charge in [0.15, 0.2) is 5.60 Å². The summed E-state index contributed by atoms with van der Waals surface area (Å²) in [7, 11) is 0.856. The van der Waals surface area contributed by atoms with E-state index in [0.717, 1.165) is 38.0 Å². The van der Waals surface area contributed by atoms with Gasteiger partial charge in [0.2, 0.25) is 5.91 Å². The number of carbonyl (C=O) groups is 2. The molecule has 3 atom stereocenters. The highest BCUT2D eigenvalue weighted by atomic mass is 35.5. The van der Waals surface area contributed by atoms with Crippen molar-refractivity contribution in [2.45, 2.75) is 55.5 Å². The van der Waals surface area contributed by atoms with Gasteiger partial charge in [-0.05, 0) is 66.3 Å². The second-order valence-corrected chi connectivity index (χ2v) is 11.6. The SMILES string of the molecule is COC1(C(F)(F)F)CC(C(=O)Nc2cc(C(N)(CCC3CC3)c3ccncc3)ccc2F)N(C(=O)Nc2ccc(Cl)cn2)C1. The van der Waals surface area contributed by atoms with Gasteiger partial charge in [-0.25, -0.2) is 14.2 Å². The fourth-order valence-corrected chi connectivity index (χ4v) is 5.59. The summed E-state index contributed by atoms with van der Waals surface area (Å²) >= 11 is 5.82. The Morgan fingerprint density at radius 1 is 1.11 bits per heavy atom. The Morgan fingerprint density at radius 2 is 1.84 bits per heavy atom. The van der Waals surface area contributed by atoms with Crippen LogP contribution in [0.4, 0.5) is 33.9 Å². The van der Waals surface area contributed by atoms with Crippen LogP contribution in [0.15, 0.2) is 61.1 Å². The maximum atomic E-state index is 15.1. The van der Waals surface area contributed by atoms with Gasteiger partial charge >= 0.3 is 12.2 Å². The maximum Gasteiger partial charge on any atom is 0.419 e. The third-order valence-corrected chi connectivity index (χ3v) is 8.56. The number of hydrogen-bond donors (Lipinski definition) is 3. The van der Waals surface area contributed by atoms with Crippen molar-refractivity contribution in [2.75, 3.05) is 24.3 Å². The fourth-order valence-electron chi connectivity index (χ4n) is 5.48. The van der Waals surface area contributed by atoms with Crippen molar-refractivity contribution >= 4 is 35.0 Å². The molecule has 1 aliphatic carbocycles. The Morgan fingerprint density at radius 3 is 2.45 bits per heavy atom. The van der Waals surface area contributed by atoms with E-state index in [2.05, 4.69) is 20.6 Å². The van der Waals surface area contributed by atoms with Gasteiger partial charge in [0.1, 0.15) is 17.7 Å². The lowest BCUT2D eigenvalue weighted by molar-refractivity contribution is -0.263. The predicted octanol–water partition coefficient (Wildman–Crippen LogP) is 5.85. The summed E-state index contributed by atoms with van der Waals surface area (Å²) in [5.74, 6) is -1.31. The number of ether oxygens (including phenoxy) is 1. The molecule has 3 unspecified atom stereocenters. The molecule has 3 amide bonds. The highest BCUT2D eigenvalue weighted by Crippen LogP contribution is 2.44. The van der Waals surface area contributed by atoms with Crippen LogP contribution in [0.2, 0.25) is 5.02 Å². The van der Waals surface area contributed by atoms with Crippen LogP contribution in [0, 0.1) is 11.7 Å². The van der Waals surface area contributed by atoms with E-state index in [9.17, 15) is 22.8 Å². The van der Waals surface area contributed by atoms with E-state index in [-0.39, 0.29) is 16.5 Å². The fraction of sp³-hybridized carbons (Fsp3) is 0.400. The van der Waals surface area contributed by atoms with E-state index in [1.165, 1.54) is 30.5 Å². The number of nitrogens with one attached hydrogen (secondary N) is 2. The molecule has 5 rings (SSSR count). The number of urea groups is 1. The lowest BCUT2D eigenvalue weighted by Gasteiger charge is -2.31. The number of benzene rings is 1. The Kier molecular flexibility index (Phi) is 8.83. The van der Waals surface area contributed by atoms with Crippen LogP contribution in [0.5, 0.6) is 0 Å². The molecule has 4 N–H and O–H groups in total. The average Bonchev–Trinajstić information content (AvgIpc) is 3.74. The summed E-state index contributed by atoms with van der Waals surface area (Å²) in [5, 5.41) is 5.06. The number of alkyl halides is 3. The summed E-state index contributed by atoms with van der Waals surface area (Å²) in [6, 6.07) is 7.65. The van der Waals surface area contributed by atoms with Crippen molar-refractivity contribution in [3.05, 3.63) is 83.0 Å². The van der Waals surface area contributed by atoms with Crippen molar-refractivity contribution in [3.8, 4) is 0 Å². The molecule has 0 radical (unpaired) electrons. The first-order chi connectivity index (χ1) is 20.8. The minimum atomic E-state index is -4.93. The Hall–Kier alpha value is -3.81. The molecular weight excluding hydrogens is 604 g/mol. The average molecular weight is 635 g/mol. The van der Waals surface area contributed by atoms with Gasteiger partial charge in [0, 0.05) is 32.1 Å². The second-order valence-electron chi connectivity index (χ2n) is 11.2. The topological polar surface area (TPSA) is 122 Å². The molecule has 0 bridgehead atoms. The first-order valence-electron chi connectivity index (χ1n) is 14.0. The molecule has 1 aromatic carbocycles. The number of anilines is 2. The van der Waals surface area contributed by atoms with Gasteiger partial charge in [-0.3, -0.25) is 15.1 Å². The summed E-state index contributed by atoms with van der Waals surface area (Å²) in [5.41, 5.74) is 4.02. The summed E-state index contributed by atoms with van der Waals surface area (Å²) < 4.78 is 62.6. The second kappa shape index (κ2) is 12.3. The number of pyridine rings is 2. The molecule has 2 aromatic heterocycles. The van der Waals surface area contributed by atoms with Gasteiger partial charge < -0.3 is 20.7 Å².